The van der Waals surface area contributed by atoms with Crippen molar-refractivity contribution in [3.8, 4) is 0 Å². The van der Waals surface area contributed by atoms with Crippen molar-refractivity contribution in [1.29, 1.82) is 0 Å². The van der Waals surface area contributed by atoms with E-state index >= 15 is 0 Å². The minimum Gasteiger partial charge on any atom is -0.377 e. The van der Waals surface area contributed by atoms with Gasteiger partial charge in [0.25, 0.3) is 5.91 Å². The molecule has 0 aromatic heterocycles. The maximum atomic E-state index is 12.3. The molecule has 0 saturated heterocycles. The van der Waals surface area contributed by atoms with Crippen molar-refractivity contribution in [3.05, 3.63) is 59.2 Å². The van der Waals surface area contributed by atoms with Gasteiger partial charge in [-0.2, -0.15) is 0 Å². The number of hydrogen-bond donors (Lipinski definition) is 1. The highest BCUT2D eigenvalue weighted by atomic mass is 16.1. The SMILES string of the molecule is Cc1cc(C(=O)Nc2ccc(C(C)C)cc2)ccc1N(C)C. The number of hydrogen-bond acceptors (Lipinski definition) is 2. The first kappa shape index (κ1) is 16.1. The molecule has 22 heavy (non-hydrogen) atoms. The molecule has 0 unspecified atom stereocenters. The van der Waals surface area contributed by atoms with Crippen molar-refractivity contribution in [3.63, 3.8) is 0 Å². The van der Waals surface area contributed by atoms with Crippen molar-refractivity contribution in [2.75, 3.05) is 24.3 Å². The zero-order valence-corrected chi connectivity index (χ0v) is 14.0. The molecule has 0 aliphatic rings. The lowest BCUT2D eigenvalue weighted by Gasteiger charge is -2.16. The Morgan fingerprint density at radius 3 is 2.18 bits per heavy atom. The molecule has 0 spiro atoms. The molecule has 3 nitrogen and oxygen atoms in total. The Kier molecular flexibility index (Phi) is 4.86. The first-order valence-corrected chi connectivity index (χ1v) is 7.57. The monoisotopic (exact) mass is 296 g/mol. The topological polar surface area (TPSA) is 32.3 Å². The maximum absolute atomic E-state index is 12.3. The molecule has 0 aliphatic heterocycles. The standard InChI is InChI=1S/C19H24N2O/c1-13(2)15-6-9-17(10-7-15)20-19(22)16-8-11-18(21(4)5)14(3)12-16/h6-13H,1-5H3,(H,20,22). The molecule has 0 aliphatic carbocycles. The predicted octanol–water partition coefficient (Wildman–Crippen LogP) is 4.44. The number of benzene rings is 2. The van der Waals surface area contributed by atoms with Gasteiger partial charge < -0.3 is 10.2 Å². The van der Waals surface area contributed by atoms with E-state index in [4.69, 9.17) is 0 Å². The second-order valence-corrected chi connectivity index (χ2v) is 6.13. The fourth-order valence-electron chi connectivity index (χ4n) is 2.45. The summed E-state index contributed by atoms with van der Waals surface area (Å²) in [5.41, 5.74) is 4.98. The Bertz CT molecular complexity index is 658. The van der Waals surface area contributed by atoms with E-state index in [1.54, 1.807) is 0 Å². The van der Waals surface area contributed by atoms with Gasteiger partial charge in [-0.3, -0.25) is 4.79 Å². The summed E-state index contributed by atoms with van der Waals surface area (Å²) in [7, 11) is 4.00. The van der Waals surface area contributed by atoms with Gasteiger partial charge in [0.1, 0.15) is 0 Å². The van der Waals surface area contributed by atoms with Crippen LogP contribution in [0.1, 0.15) is 41.3 Å². The van der Waals surface area contributed by atoms with Crippen LogP contribution in [0.25, 0.3) is 0 Å². The first-order chi connectivity index (χ1) is 10.4. The highest BCUT2D eigenvalue weighted by Crippen LogP contribution is 2.21. The molecule has 1 N–H and O–H groups in total. The van der Waals surface area contributed by atoms with Crippen molar-refractivity contribution >= 4 is 17.3 Å². The van der Waals surface area contributed by atoms with Gasteiger partial charge in [0.05, 0.1) is 0 Å². The molecule has 0 saturated carbocycles. The van der Waals surface area contributed by atoms with Gasteiger partial charge in [0, 0.05) is 31.0 Å². The zero-order valence-electron chi connectivity index (χ0n) is 14.0. The van der Waals surface area contributed by atoms with E-state index in [2.05, 4.69) is 31.3 Å². The number of carbonyl (C=O) groups is 1. The Morgan fingerprint density at radius 2 is 1.68 bits per heavy atom. The maximum Gasteiger partial charge on any atom is 0.255 e. The van der Waals surface area contributed by atoms with Crippen LogP contribution in [0.3, 0.4) is 0 Å². The number of nitrogens with one attached hydrogen (secondary N) is 1. The summed E-state index contributed by atoms with van der Waals surface area (Å²) in [6, 6.07) is 13.8. The van der Waals surface area contributed by atoms with Crippen LogP contribution in [0.15, 0.2) is 42.5 Å². The van der Waals surface area contributed by atoms with Gasteiger partial charge in [0.2, 0.25) is 0 Å². The lowest BCUT2D eigenvalue weighted by atomic mass is 10.0. The number of anilines is 2. The largest absolute Gasteiger partial charge is 0.377 e. The zero-order chi connectivity index (χ0) is 16.3. The van der Waals surface area contributed by atoms with Gasteiger partial charge >= 0.3 is 0 Å². The molecule has 2 aromatic carbocycles. The Morgan fingerprint density at radius 1 is 1.05 bits per heavy atom. The van der Waals surface area contributed by atoms with Crippen LogP contribution in [0.4, 0.5) is 11.4 Å². The average Bonchev–Trinajstić information content (AvgIpc) is 2.47. The summed E-state index contributed by atoms with van der Waals surface area (Å²) < 4.78 is 0. The highest BCUT2D eigenvalue weighted by Gasteiger charge is 2.09. The van der Waals surface area contributed by atoms with Crippen LogP contribution in [0.2, 0.25) is 0 Å². The Balaban J connectivity index is 2.13. The second-order valence-electron chi connectivity index (χ2n) is 6.13. The summed E-state index contributed by atoms with van der Waals surface area (Å²) in [6.07, 6.45) is 0. The molecular formula is C19H24N2O. The quantitative estimate of drug-likeness (QED) is 0.904. The predicted molar refractivity (Wildman–Crippen MR) is 94.0 cm³/mol. The summed E-state index contributed by atoms with van der Waals surface area (Å²) in [5.74, 6) is 0.414. The summed E-state index contributed by atoms with van der Waals surface area (Å²) in [4.78, 5) is 14.4. The van der Waals surface area contributed by atoms with Crippen molar-refractivity contribution in [2.45, 2.75) is 26.7 Å². The van der Waals surface area contributed by atoms with E-state index in [0.29, 0.717) is 11.5 Å². The number of aryl methyl sites for hydroxylation is 1. The third-order valence-electron chi connectivity index (χ3n) is 3.78. The van der Waals surface area contributed by atoms with E-state index < -0.39 is 0 Å². The van der Waals surface area contributed by atoms with Gasteiger partial charge in [-0.25, -0.2) is 0 Å². The fourth-order valence-corrected chi connectivity index (χ4v) is 2.45. The van der Waals surface area contributed by atoms with Crippen LogP contribution < -0.4 is 10.2 Å². The molecule has 1 amide bonds. The van der Waals surface area contributed by atoms with E-state index in [-0.39, 0.29) is 5.91 Å². The molecular weight excluding hydrogens is 272 g/mol. The molecule has 0 fully saturated rings. The Hall–Kier alpha value is -2.29. The lowest BCUT2D eigenvalue weighted by Crippen LogP contribution is -2.14. The highest BCUT2D eigenvalue weighted by molar-refractivity contribution is 6.04. The molecule has 116 valence electrons. The van der Waals surface area contributed by atoms with Crippen LogP contribution in [0.5, 0.6) is 0 Å². The molecule has 0 heterocycles. The van der Waals surface area contributed by atoms with Crippen molar-refractivity contribution in [2.24, 2.45) is 0 Å². The third kappa shape index (κ3) is 3.67. The molecule has 2 aromatic rings. The van der Waals surface area contributed by atoms with Crippen molar-refractivity contribution in [1.82, 2.24) is 0 Å². The van der Waals surface area contributed by atoms with Crippen LogP contribution in [-0.2, 0) is 0 Å². The van der Waals surface area contributed by atoms with E-state index in [9.17, 15) is 4.79 Å². The minimum absolute atomic E-state index is 0.0781. The van der Waals surface area contributed by atoms with Crippen LogP contribution >= 0.6 is 0 Å². The minimum atomic E-state index is -0.0781. The van der Waals surface area contributed by atoms with Crippen molar-refractivity contribution < 1.29 is 4.79 Å². The number of nitrogens with zero attached hydrogens (tertiary/aromatic N) is 1. The average molecular weight is 296 g/mol. The summed E-state index contributed by atoms with van der Waals surface area (Å²) >= 11 is 0. The van der Waals surface area contributed by atoms with E-state index in [1.165, 1.54) is 5.56 Å². The Labute approximate surface area is 133 Å². The smallest absolute Gasteiger partial charge is 0.255 e. The normalized spacial score (nSPS) is 10.6. The second kappa shape index (κ2) is 6.65. The van der Waals surface area contributed by atoms with E-state index in [0.717, 1.165) is 16.9 Å². The number of rotatable bonds is 4. The molecule has 2 rings (SSSR count). The van der Waals surface area contributed by atoms with Crippen LogP contribution in [0, 0.1) is 6.92 Å². The number of amides is 1. The molecule has 0 bridgehead atoms. The molecule has 3 heteroatoms. The van der Waals surface area contributed by atoms with Gasteiger partial charge in [0.15, 0.2) is 0 Å². The molecule has 0 atom stereocenters. The summed E-state index contributed by atoms with van der Waals surface area (Å²) in [5, 5.41) is 2.95. The molecule has 0 radical (unpaired) electrons. The number of carbonyl (C=O) groups excluding carboxylic acids is 1. The first-order valence-electron chi connectivity index (χ1n) is 7.57. The lowest BCUT2D eigenvalue weighted by molar-refractivity contribution is 0.102. The third-order valence-corrected chi connectivity index (χ3v) is 3.78. The fraction of sp³-hybridized carbons (Fsp3) is 0.316. The van der Waals surface area contributed by atoms with Gasteiger partial charge in [-0.05, 0) is 54.3 Å². The van der Waals surface area contributed by atoms with Gasteiger partial charge in [-0.15, -0.1) is 0 Å². The van der Waals surface area contributed by atoms with Gasteiger partial charge in [-0.1, -0.05) is 26.0 Å². The van der Waals surface area contributed by atoms with Crippen LogP contribution in [-0.4, -0.2) is 20.0 Å². The van der Waals surface area contributed by atoms with E-state index in [1.807, 2.05) is 56.3 Å². The summed E-state index contributed by atoms with van der Waals surface area (Å²) in [6.45, 7) is 6.33.